The highest BCUT2D eigenvalue weighted by Gasteiger charge is 2.40. The minimum absolute atomic E-state index is 0.351. The molecular formula is C14H16N4O7P2. The molecule has 0 saturated carbocycles. The summed E-state index contributed by atoms with van der Waals surface area (Å²) in [6.45, 7) is -0.660. The summed E-state index contributed by atoms with van der Waals surface area (Å²) in [6, 6.07) is 6.05. The quantitative estimate of drug-likeness (QED) is 0.197. The highest BCUT2D eigenvalue weighted by atomic mass is 31.2. The first kappa shape index (κ1) is 21.0. The van der Waals surface area contributed by atoms with Gasteiger partial charge in [-0.1, -0.05) is 0 Å². The Morgan fingerprint density at radius 2 is 1.96 bits per heavy atom. The number of pyridine rings is 2. The fourth-order valence-corrected chi connectivity index (χ4v) is 4.37. The third-order valence-corrected chi connectivity index (χ3v) is 6.98. The lowest BCUT2D eigenvalue weighted by molar-refractivity contribution is -0.694. The molecule has 2 atom stereocenters. The predicted octanol–water partition coefficient (Wildman–Crippen LogP) is -0.818. The first-order valence-electron chi connectivity index (χ1n) is 7.38. The molecule has 2 unspecified atom stereocenters. The molecule has 0 aliphatic rings. The number of amides is 1. The second-order valence-electron chi connectivity index (χ2n) is 5.40. The van der Waals surface area contributed by atoms with Crippen LogP contribution in [0, 0.1) is 0 Å². The molecular weight excluding hydrogens is 398 g/mol. The molecule has 0 aliphatic carbocycles. The van der Waals surface area contributed by atoms with E-state index in [1.807, 2.05) is 0 Å². The number of carbonyl (C=O) groups is 1. The van der Waals surface area contributed by atoms with Crippen LogP contribution in [0.4, 0.5) is 0 Å². The van der Waals surface area contributed by atoms with Crippen molar-refractivity contribution in [2.75, 3.05) is 0 Å². The third-order valence-electron chi connectivity index (χ3n) is 3.34. The van der Waals surface area contributed by atoms with Gasteiger partial charge in [-0.3, -0.25) is 14.3 Å². The van der Waals surface area contributed by atoms with Gasteiger partial charge in [-0.25, -0.2) is 9.99 Å². The summed E-state index contributed by atoms with van der Waals surface area (Å²) in [5.41, 5.74) is 3.05. The summed E-state index contributed by atoms with van der Waals surface area (Å²) in [5, 5.41) is 1.49. The van der Waals surface area contributed by atoms with Crippen molar-refractivity contribution in [1.82, 2.24) is 10.4 Å². The van der Waals surface area contributed by atoms with Crippen molar-refractivity contribution < 1.29 is 38.1 Å². The van der Waals surface area contributed by atoms with Crippen LogP contribution in [0.1, 0.15) is 15.9 Å². The number of hydrogen-bond acceptors (Lipinski definition) is 6. The van der Waals surface area contributed by atoms with E-state index in [1.54, 1.807) is 6.07 Å². The van der Waals surface area contributed by atoms with E-state index in [4.69, 9.17) is 14.7 Å². The third kappa shape index (κ3) is 6.44. The fraction of sp³-hybridized carbons (Fsp3) is 0.143. The number of aromatic nitrogens is 2. The maximum atomic E-state index is 11.8. The highest BCUT2D eigenvalue weighted by molar-refractivity contribution is 7.70. The van der Waals surface area contributed by atoms with Crippen molar-refractivity contribution in [1.29, 1.82) is 0 Å². The first-order chi connectivity index (χ1) is 12.6. The van der Waals surface area contributed by atoms with Crippen molar-refractivity contribution in [3.8, 4) is 0 Å². The molecule has 2 aromatic heterocycles. The van der Waals surface area contributed by atoms with Crippen LogP contribution in [-0.2, 0) is 15.7 Å². The Morgan fingerprint density at radius 1 is 1.30 bits per heavy atom. The smallest absolute Gasteiger partial charge is 0.343 e. The number of nitrogens with one attached hydrogen (secondary N) is 1. The van der Waals surface area contributed by atoms with Gasteiger partial charge in [0.2, 0.25) is 0 Å². The van der Waals surface area contributed by atoms with Gasteiger partial charge in [-0.15, -0.1) is 0 Å². The number of carbonyl (C=O) groups excluding carboxylic acids is 1. The van der Waals surface area contributed by atoms with Crippen molar-refractivity contribution in [3.63, 3.8) is 0 Å². The van der Waals surface area contributed by atoms with Crippen molar-refractivity contribution in [3.05, 3.63) is 60.2 Å². The van der Waals surface area contributed by atoms with E-state index in [0.29, 0.717) is 11.1 Å². The van der Waals surface area contributed by atoms with Crippen LogP contribution in [-0.4, -0.2) is 37.2 Å². The zero-order chi connectivity index (χ0) is 20.1. The van der Waals surface area contributed by atoms with E-state index in [0.717, 1.165) is 0 Å². The van der Waals surface area contributed by atoms with E-state index in [2.05, 4.69) is 15.5 Å². The largest absolute Gasteiger partial charge is 0.778 e. The Balaban J connectivity index is 2.10. The maximum Gasteiger partial charge on any atom is 0.343 e. The number of hydrogen-bond donors (Lipinski definition) is 4. The topological polar surface area (TPSA) is 176 Å². The normalized spacial score (nSPS) is 15.3. The lowest BCUT2D eigenvalue weighted by Gasteiger charge is -2.25. The Hall–Kier alpha value is -2.26. The van der Waals surface area contributed by atoms with Crippen LogP contribution in [0.3, 0.4) is 0 Å². The number of rotatable bonds is 7. The van der Waals surface area contributed by atoms with Crippen LogP contribution in [0.15, 0.2) is 54.2 Å². The van der Waals surface area contributed by atoms with E-state index in [9.17, 15) is 18.8 Å². The predicted molar refractivity (Wildman–Crippen MR) is 91.6 cm³/mol. The van der Waals surface area contributed by atoms with Crippen molar-refractivity contribution in [2.45, 2.75) is 11.9 Å². The van der Waals surface area contributed by atoms with Crippen molar-refractivity contribution in [2.24, 2.45) is 5.10 Å². The zero-order valence-electron chi connectivity index (χ0n) is 13.7. The van der Waals surface area contributed by atoms with E-state index >= 15 is 0 Å². The molecule has 144 valence electrons. The first-order valence-corrected chi connectivity index (χ1v) is 10.7. The lowest BCUT2D eigenvalue weighted by Crippen LogP contribution is -2.40. The van der Waals surface area contributed by atoms with Gasteiger partial charge in [-0.2, -0.15) is 5.10 Å². The Labute approximate surface area is 153 Å². The molecule has 0 fully saturated rings. The van der Waals surface area contributed by atoms with Gasteiger partial charge >= 0.3 is 7.60 Å². The summed E-state index contributed by atoms with van der Waals surface area (Å²) >= 11 is 0. The molecule has 0 spiro atoms. The molecule has 27 heavy (non-hydrogen) atoms. The average molecular weight is 414 g/mol. The van der Waals surface area contributed by atoms with Gasteiger partial charge in [0.1, 0.15) is 0 Å². The summed E-state index contributed by atoms with van der Waals surface area (Å²) in [5.74, 6) is -0.466. The van der Waals surface area contributed by atoms with Crippen molar-refractivity contribution >= 4 is 27.3 Å². The summed E-state index contributed by atoms with van der Waals surface area (Å²) in [6.07, 6.45) is 6.88. The highest BCUT2D eigenvalue weighted by Crippen LogP contribution is 2.57. The van der Waals surface area contributed by atoms with E-state index in [1.165, 1.54) is 53.8 Å². The molecule has 2 rings (SSSR count). The van der Waals surface area contributed by atoms with Gasteiger partial charge in [0.05, 0.1) is 11.8 Å². The summed E-state index contributed by atoms with van der Waals surface area (Å²) in [7, 11) is -10.4. The van der Waals surface area contributed by atoms with Crippen LogP contribution in [0.5, 0.6) is 0 Å². The average Bonchev–Trinajstić information content (AvgIpc) is 2.59. The van der Waals surface area contributed by atoms with Gasteiger partial charge in [0.15, 0.2) is 31.9 Å². The molecule has 4 N–H and O–H groups in total. The molecule has 2 heterocycles. The maximum absolute atomic E-state index is 11.8. The Bertz CT molecular complexity index is 904. The standard InChI is InChI=1S/C14H16N4O7P2/c19-14(12-3-5-15-6-4-12)17-16-8-11-2-1-7-18(9-11)10-13(26(20,21)22)27(23,24)25/h1-9,13H,10H2,(H4-,17,19,20,21,22,23,24,25)/b16-8+. The van der Waals surface area contributed by atoms with E-state index < -0.39 is 33.0 Å². The van der Waals surface area contributed by atoms with Crippen LogP contribution in [0.2, 0.25) is 0 Å². The summed E-state index contributed by atoms with van der Waals surface area (Å²) in [4.78, 5) is 54.2. The van der Waals surface area contributed by atoms with E-state index in [-0.39, 0.29) is 0 Å². The molecule has 13 heteroatoms. The van der Waals surface area contributed by atoms with Gasteiger partial charge in [0.25, 0.3) is 5.91 Å². The van der Waals surface area contributed by atoms with Crippen LogP contribution in [0.25, 0.3) is 0 Å². The molecule has 0 aromatic carbocycles. The zero-order valence-corrected chi connectivity index (χ0v) is 15.5. The molecule has 1 amide bonds. The second-order valence-corrected chi connectivity index (χ2v) is 9.36. The molecule has 0 bridgehead atoms. The minimum Gasteiger partial charge on any atom is -0.778 e. The Morgan fingerprint density at radius 3 is 2.56 bits per heavy atom. The second kappa shape index (κ2) is 8.62. The van der Waals surface area contributed by atoms with Gasteiger partial charge < -0.3 is 24.1 Å². The lowest BCUT2D eigenvalue weighted by atomic mass is 10.3. The summed E-state index contributed by atoms with van der Waals surface area (Å²) < 4.78 is 23.7. The fourth-order valence-electron chi connectivity index (χ4n) is 2.05. The molecule has 0 radical (unpaired) electrons. The molecule has 11 nitrogen and oxygen atoms in total. The van der Waals surface area contributed by atoms with Gasteiger partial charge in [-0.05, 0) is 18.2 Å². The van der Waals surface area contributed by atoms with Gasteiger partial charge in [0, 0.05) is 24.0 Å². The number of nitrogens with zero attached hydrogens (tertiary/aromatic N) is 3. The molecule has 0 saturated heterocycles. The molecule has 2 aromatic rings. The van der Waals surface area contributed by atoms with Crippen LogP contribution >= 0.6 is 15.2 Å². The number of hydrazone groups is 1. The SMILES string of the molecule is O=C(N/N=C/c1ccc[n+](CC(P(=O)([O-])O)P(=O)(O)O)c1)c1ccncc1. The Kier molecular flexibility index (Phi) is 6.72. The monoisotopic (exact) mass is 414 g/mol. The minimum atomic E-state index is -5.28. The molecule has 0 aliphatic heterocycles. The van der Waals surface area contributed by atoms with Crippen LogP contribution < -0.4 is 14.9 Å².